The van der Waals surface area contributed by atoms with E-state index >= 15 is 0 Å². The molecule has 0 radical (unpaired) electrons. The Morgan fingerprint density at radius 3 is 2.50 bits per heavy atom. The summed E-state index contributed by atoms with van der Waals surface area (Å²) >= 11 is 0. The molecule has 0 aromatic heterocycles. The van der Waals surface area contributed by atoms with Crippen LogP contribution in [0.2, 0.25) is 0 Å². The molecule has 0 N–H and O–H groups in total. The molecule has 1 aromatic rings. The maximum Gasteiger partial charge on any atom is 0.534 e. The lowest BCUT2D eigenvalue weighted by Gasteiger charge is -2.13. The Morgan fingerprint density at radius 1 is 1.22 bits per heavy atom. The van der Waals surface area contributed by atoms with E-state index in [1.54, 1.807) is 13.0 Å². The fourth-order valence-corrected chi connectivity index (χ4v) is 2.60. The van der Waals surface area contributed by atoms with Gasteiger partial charge in [0.1, 0.15) is 5.75 Å². The van der Waals surface area contributed by atoms with Crippen LogP contribution < -0.4 is 4.18 Å². The molecule has 0 heterocycles. The predicted molar refractivity (Wildman–Crippen MR) is 58.8 cm³/mol. The summed E-state index contributed by atoms with van der Waals surface area (Å²) in [5.74, 6) is -0.243. The smallest absolute Gasteiger partial charge is 0.376 e. The lowest BCUT2D eigenvalue weighted by atomic mass is 10.0. The first-order valence-electron chi connectivity index (χ1n) is 5.34. The quantitative estimate of drug-likeness (QED) is 0.618. The molecule has 0 unspecified atom stereocenters. The van der Waals surface area contributed by atoms with E-state index in [4.69, 9.17) is 0 Å². The normalized spacial score (nSPS) is 15.6. The third-order valence-corrected chi connectivity index (χ3v) is 3.97. The van der Waals surface area contributed by atoms with Crippen molar-refractivity contribution < 1.29 is 25.8 Å². The zero-order valence-electron chi connectivity index (χ0n) is 9.54. The summed E-state index contributed by atoms with van der Waals surface area (Å²) in [6.07, 6.45) is 2.53. The van der Waals surface area contributed by atoms with E-state index < -0.39 is 15.6 Å². The van der Waals surface area contributed by atoms with E-state index in [0.717, 1.165) is 30.4 Å². The molecule has 1 aromatic carbocycles. The number of aryl methyl sites for hydroxylation is 1. The summed E-state index contributed by atoms with van der Waals surface area (Å²) in [4.78, 5) is 0. The minimum atomic E-state index is -5.59. The standard InChI is InChI=1S/C11H11F3O3S/c1-7-9-4-2-3-8(9)5-6-10(7)17-18(15,16)11(12,13)14/h5-6H,2-4H2,1H3. The van der Waals surface area contributed by atoms with Crippen molar-refractivity contribution in [3.63, 3.8) is 0 Å². The molecule has 100 valence electrons. The van der Waals surface area contributed by atoms with Gasteiger partial charge in [0, 0.05) is 0 Å². The van der Waals surface area contributed by atoms with Crippen LogP contribution in [0, 0.1) is 6.92 Å². The zero-order chi connectivity index (χ0) is 13.6. The van der Waals surface area contributed by atoms with E-state index in [2.05, 4.69) is 4.18 Å². The van der Waals surface area contributed by atoms with Gasteiger partial charge >= 0.3 is 15.6 Å². The number of rotatable bonds is 2. The highest BCUT2D eigenvalue weighted by molar-refractivity contribution is 7.88. The number of alkyl halides is 3. The highest BCUT2D eigenvalue weighted by Gasteiger charge is 2.48. The van der Waals surface area contributed by atoms with Crippen molar-refractivity contribution in [2.24, 2.45) is 0 Å². The van der Waals surface area contributed by atoms with Gasteiger partial charge in [-0.3, -0.25) is 0 Å². The molecule has 0 atom stereocenters. The predicted octanol–water partition coefficient (Wildman–Crippen LogP) is 2.71. The Bertz CT molecular complexity index is 576. The highest BCUT2D eigenvalue weighted by atomic mass is 32.2. The lowest BCUT2D eigenvalue weighted by Crippen LogP contribution is -2.28. The zero-order valence-corrected chi connectivity index (χ0v) is 10.4. The van der Waals surface area contributed by atoms with Crippen LogP contribution >= 0.6 is 0 Å². The van der Waals surface area contributed by atoms with Gasteiger partial charge in [0.25, 0.3) is 0 Å². The van der Waals surface area contributed by atoms with Gasteiger partial charge in [-0.1, -0.05) is 6.07 Å². The molecule has 7 heteroatoms. The van der Waals surface area contributed by atoms with Gasteiger partial charge in [0.2, 0.25) is 0 Å². The second-order valence-electron chi connectivity index (χ2n) is 4.16. The second kappa shape index (κ2) is 4.15. The van der Waals surface area contributed by atoms with Crippen LogP contribution in [0.4, 0.5) is 13.2 Å². The van der Waals surface area contributed by atoms with Gasteiger partial charge in [-0.2, -0.15) is 21.6 Å². The van der Waals surface area contributed by atoms with Crippen LogP contribution in [-0.4, -0.2) is 13.9 Å². The molecular weight excluding hydrogens is 269 g/mol. The molecule has 0 amide bonds. The topological polar surface area (TPSA) is 43.4 Å². The SMILES string of the molecule is Cc1c(OS(=O)(=O)C(F)(F)F)ccc2c1CCC2. The molecule has 2 rings (SSSR count). The first kappa shape index (κ1) is 13.2. The molecular formula is C11H11F3O3S. The first-order chi connectivity index (χ1) is 8.22. The van der Waals surface area contributed by atoms with Crippen LogP contribution in [0.25, 0.3) is 0 Å². The van der Waals surface area contributed by atoms with Crippen molar-refractivity contribution in [1.82, 2.24) is 0 Å². The largest absolute Gasteiger partial charge is 0.534 e. The monoisotopic (exact) mass is 280 g/mol. The van der Waals surface area contributed by atoms with Crippen LogP contribution in [0.5, 0.6) is 5.75 Å². The number of fused-ring (bicyclic) bond motifs is 1. The lowest BCUT2D eigenvalue weighted by molar-refractivity contribution is -0.0500. The Balaban J connectivity index is 2.38. The Hall–Kier alpha value is -1.24. The van der Waals surface area contributed by atoms with E-state index in [1.807, 2.05) is 0 Å². The number of hydrogen-bond donors (Lipinski definition) is 0. The van der Waals surface area contributed by atoms with Gasteiger partial charge in [0.15, 0.2) is 0 Å². The molecule has 1 aliphatic carbocycles. The third-order valence-electron chi connectivity index (χ3n) is 3.00. The summed E-state index contributed by atoms with van der Waals surface area (Å²) < 4.78 is 62.7. The molecule has 0 fully saturated rings. The molecule has 1 aliphatic rings. The molecule has 0 bridgehead atoms. The van der Waals surface area contributed by atoms with Gasteiger partial charge in [-0.25, -0.2) is 0 Å². The molecule has 3 nitrogen and oxygen atoms in total. The maximum atomic E-state index is 12.2. The summed E-state index contributed by atoms with van der Waals surface area (Å²) in [7, 11) is -5.59. The van der Waals surface area contributed by atoms with Crippen LogP contribution in [0.3, 0.4) is 0 Å². The van der Waals surface area contributed by atoms with Crippen molar-refractivity contribution in [1.29, 1.82) is 0 Å². The summed E-state index contributed by atoms with van der Waals surface area (Å²) in [6, 6.07) is 2.90. The van der Waals surface area contributed by atoms with Crippen molar-refractivity contribution in [3.8, 4) is 5.75 Å². The summed E-state index contributed by atoms with van der Waals surface area (Å²) in [5.41, 5.74) is -3.00. The minimum Gasteiger partial charge on any atom is -0.376 e. The highest BCUT2D eigenvalue weighted by Crippen LogP contribution is 2.34. The molecule has 0 saturated heterocycles. The van der Waals surface area contributed by atoms with E-state index in [1.165, 1.54) is 6.07 Å². The fraction of sp³-hybridized carbons (Fsp3) is 0.455. The second-order valence-corrected chi connectivity index (χ2v) is 5.70. The molecule has 0 aliphatic heterocycles. The molecule has 0 saturated carbocycles. The van der Waals surface area contributed by atoms with Crippen molar-refractivity contribution in [2.45, 2.75) is 31.7 Å². The van der Waals surface area contributed by atoms with E-state index in [9.17, 15) is 21.6 Å². The average Bonchev–Trinajstić information content (AvgIpc) is 2.69. The summed E-state index contributed by atoms with van der Waals surface area (Å²) in [5, 5.41) is 0. The van der Waals surface area contributed by atoms with Crippen molar-refractivity contribution >= 4 is 10.1 Å². The number of benzene rings is 1. The number of hydrogen-bond acceptors (Lipinski definition) is 3. The molecule has 18 heavy (non-hydrogen) atoms. The van der Waals surface area contributed by atoms with Gasteiger partial charge in [-0.15, -0.1) is 0 Å². The first-order valence-corrected chi connectivity index (χ1v) is 6.75. The van der Waals surface area contributed by atoms with E-state index in [0.29, 0.717) is 5.56 Å². The van der Waals surface area contributed by atoms with Crippen LogP contribution in [0.15, 0.2) is 12.1 Å². The van der Waals surface area contributed by atoms with Gasteiger partial charge in [-0.05, 0) is 48.9 Å². The minimum absolute atomic E-state index is 0.243. The molecule has 0 spiro atoms. The Labute approximate surface area is 103 Å². The fourth-order valence-electron chi connectivity index (χ4n) is 2.09. The van der Waals surface area contributed by atoms with Gasteiger partial charge in [0.05, 0.1) is 0 Å². The maximum absolute atomic E-state index is 12.2. The van der Waals surface area contributed by atoms with Crippen molar-refractivity contribution in [2.75, 3.05) is 0 Å². The average molecular weight is 280 g/mol. The number of halogens is 3. The van der Waals surface area contributed by atoms with Crippen molar-refractivity contribution in [3.05, 3.63) is 28.8 Å². The third kappa shape index (κ3) is 2.19. The van der Waals surface area contributed by atoms with Crippen LogP contribution in [0.1, 0.15) is 23.1 Å². The summed E-state index contributed by atoms with van der Waals surface area (Å²) in [6.45, 7) is 1.57. The Kier molecular flexibility index (Phi) is 3.04. The van der Waals surface area contributed by atoms with E-state index in [-0.39, 0.29) is 5.75 Å². The van der Waals surface area contributed by atoms with Gasteiger partial charge < -0.3 is 4.18 Å². The van der Waals surface area contributed by atoms with Crippen LogP contribution in [-0.2, 0) is 23.0 Å². The Morgan fingerprint density at radius 2 is 1.89 bits per heavy atom.